The summed E-state index contributed by atoms with van der Waals surface area (Å²) in [7, 11) is 0. The Morgan fingerprint density at radius 2 is 2.33 bits per heavy atom. The molecule has 5 heteroatoms. The van der Waals surface area contributed by atoms with Crippen LogP contribution >= 0.6 is 0 Å². The number of nitrogens with two attached hydrogens (primary N) is 1. The third kappa shape index (κ3) is 1.25. The molecule has 2 N–H and O–H groups in total. The molecular formula is C7H11NO4. The van der Waals surface area contributed by atoms with E-state index in [4.69, 9.17) is 19.9 Å². The fourth-order valence-corrected chi connectivity index (χ4v) is 1.70. The maximum absolute atomic E-state index is 10.4. The second kappa shape index (κ2) is 2.91. The fraction of sp³-hybridized carbons (Fsp3) is 0.857. The lowest BCUT2D eigenvalue weighted by Crippen LogP contribution is -2.28. The summed E-state index contributed by atoms with van der Waals surface area (Å²) in [5, 5.41) is 0. The van der Waals surface area contributed by atoms with Gasteiger partial charge in [0.05, 0.1) is 19.1 Å². The molecule has 0 bridgehead atoms. The van der Waals surface area contributed by atoms with Crippen molar-refractivity contribution in [2.45, 2.75) is 18.8 Å². The van der Waals surface area contributed by atoms with Crippen molar-refractivity contribution in [3.63, 3.8) is 0 Å². The summed E-state index contributed by atoms with van der Waals surface area (Å²) >= 11 is 0. The van der Waals surface area contributed by atoms with Crippen molar-refractivity contribution >= 4 is 6.09 Å². The van der Waals surface area contributed by atoms with E-state index in [0.717, 1.165) is 6.42 Å². The van der Waals surface area contributed by atoms with Crippen LogP contribution in [-0.2, 0) is 14.2 Å². The second-order valence-corrected chi connectivity index (χ2v) is 3.00. The van der Waals surface area contributed by atoms with E-state index in [0.29, 0.717) is 13.2 Å². The molecule has 12 heavy (non-hydrogen) atoms. The van der Waals surface area contributed by atoms with Crippen LogP contribution in [0.25, 0.3) is 0 Å². The van der Waals surface area contributed by atoms with Gasteiger partial charge in [-0.15, -0.1) is 0 Å². The molecule has 0 radical (unpaired) electrons. The van der Waals surface area contributed by atoms with Crippen molar-refractivity contribution in [2.75, 3.05) is 13.2 Å². The summed E-state index contributed by atoms with van der Waals surface area (Å²) in [4.78, 5) is 10.4. The van der Waals surface area contributed by atoms with Crippen molar-refractivity contribution in [3.8, 4) is 0 Å². The largest absolute Gasteiger partial charge is 0.443 e. The van der Waals surface area contributed by atoms with Gasteiger partial charge >= 0.3 is 6.09 Å². The molecule has 0 aromatic rings. The highest BCUT2D eigenvalue weighted by Gasteiger charge is 2.43. The van der Waals surface area contributed by atoms with E-state index in [1.165, 1.54) is 0 Å². The van der Waals surface area contributed by atoms with Crippen LogP contribution in [0.4, 0.5) is 4.79 Å². The van der Waals surface area contributed by atoms with Crippen LogP contribution < -0.4 is 5.73 Å². The van der Waals surface area contributed by atoms with Gasteiger partial charge in [0.2, 0.25) is 0 Å². The molecule has 0 aliphatic carbocycles. The maximum Gasteiger partial charge on any atom is 0.404 e. The van der Waals surface area contributed by atoms with Crippen LogP contribution in [0.2, 0.25) is 0 Å². The summed E-state index contributed by atoms with van der Waals surface area (Å²) in [6.45, 7) is 1.08. The lowest BCUT2D eigenvalue weighted by molar-refractivity contribution is -0.0907. The number of primary amides is 1. The van der Waals surface area contributed by atoms with Gasteiger partial charge in [0.1, 0.15) is 6.10 Å². The molecular weight excluding hydrogens is 162 g/mol. The molecule has 5 nitrogen and oxygen atoms in total. The Hall–Kier alpha value is -0.810. The van der Waals surface area contributed by atoms with Crippen molar-refractivity contribution in [1.82, 2.24) is 0 Å². The number of hydrogen-bond donors (Lipinski definition) is 1. The highest BCUT2D eigenvalue weighted by atomic mass is 16.7. The molecule has 3 atom stereocenters. The number of fused-ring (bicyclic) bond motifs is 1. The number of rotatable bonds is 1. The van der Waals surface area contributed by atoms with E-state index in [9.17, 15) is 4.79 Å². The van der Waals surface area contributed by atoms with Gasteiger partial charge in [-0.05, 0) is 6.42 Å². The summed E-state index contributed by atoms with van der Waals surface area (Å²) in [5.41, 5.74) is 4.90. The lowest BCUT2D eigenvalue weighted by atomic mass is 10.0. The van der Waals surface area contributed by atoms with Crippen LogP contribution in [0.5, 0.6) is 0 Å². The number of carbonyl (C=O) groups is 1. The van der Waals surface area contributed by atoms with Crippen molar-refractivity contribution in [1.29, 1.82) is 0 Å². The van der Waals surface area contributed by atoms with E-state index >= 15 is 0 Å². The zero-order chi connectivity index (χ0) is 8.55. The average Bonchev–Trinajstić information content (AvgIpc) is 2.52. The number of ether oxygens (including phenoxy) is 3. The summed E-state index contributed by atoms with van der Waals surface area (Å²) in [6, 6.07) is 0. The SMILES string of the molecule is NC(=O)O[C@H]1CO[C@H]2OCC[C@H]21. The third-order valence-corrected chi connectivity index (χ3v) is 2.25. The minimum atomic E-state index is -0.740. The molecule has 2 rings (SSSR count). The topological polar surface area (TPSA) is 70.8 Å². The Labute approximate surface area is 69.8 Å². The lowest BCUT2D eigenvalue weighted by Gasteiger charge is -2.13. The number of hydrogen-bond acceptors (Lipinski definition) is 4. The summed E-state index contributed by atoms with van der Waals surface area (Å²) < 4.78 is 15.3. The molecule has 0 spiro atoms. The van der Waals surface area contributed by atoms with Crippen LogP contribution in [-0.4, -0.2) is 31.7 Å². The van der Waals surface area contributed by atoms with E-state index in [-0.39, 0.29) is 18.3 Å². The minimum absolute atomic E-state index is 0.178. The second-order valence-electron chi connectivity index (χ2n) is 3.00. The van der Waals surface area contributed by atoms with E-state index < -0.39 is 6.09 Å². The molecule has 0 aromatic heterocycles. The Morgan fingerprint density at radius 3 is 3.08 bits per heavy atom. The normalized spacial score (nSPS) is 39.5. The smallest absolute Gasteiger partial charge is 0.404 e. The predicted octanol–water partition coefficient (Wildman–Crippen LogP) is -0.157. The zero-order valence-electron chi connectivity index (χ0n) is 6.56. The fourth-order valence-electron chi connectivity index (χ4n) is 1.70. The minimum Gasteiger partial charge on any atom is -0.443 e. The summed E-state index contributed by atoms with van der Waals surface area (Å²) in [6.07, 6.45) is -0.261. The summed E-state index contributed by atoms with van der Waals surface area (Å²) in [5.74, 6) is 0.178. The zero-order valence-corrected chi connectivity index (χ0v) is 6.56. The van der Waals surface area contributed by atoms with Crippen molar-refractivity contribution < 1.29 is 19.0 Å². The van der Waals surface area contributed by atoms with Gasteiger partial charge in [-0.1, -0.05) is 0 Å². The molecule has 2 fully saturated rings. The third-order valence-electron chi connectivity index (χ3n) is 2.25. The highest BCUT2D eigenvalue weighted by Crippen LogP contribution is 2.32. The van der Waals surface area contributed by atoms with Crippen LogP contribution in [0.3, 0.4) is 0 Å². The predicted molar refractivity (Wildman–Crippen MR) is 38.3 cm³/mol. The number of carbonyl (C=O) groups excluding carboxylic acids is 1. The van der Waals surface area contributed by atoms with Crippen molar-refractivity contribution in [3.05, 3.63) is 0 Å². The van der Waals surface area contributed by atoms with Gasteiger partial charge < -0.3 is 19.9 Å². The molecule has 68 valence electrons. The molecule has 1 amide bonds. The molecule has 0 unspecified atom stereocenters. The molecule has 0 aromatic carbocycles. The molecule has 2 saturated heterocycles. The molecule has 2 aliphatic rings. The first-order chi connectivity index (χ1) is 5.77. The quantitative estimate of drug-likeness (QED) is 0.598. The van der Waals surface area contributed by atoms with E-state index in [1.54, 1.807) is 0 Å². The first kappa shape index (κ1) is 7.82. The first-order valence-electron chi connectivity index (χ1n) is 3.96. The maximum atomic E-state index is 10.4. The first-order valence-corrected chi connectivity index (χ1v) is 3.96. The van der Waals surface area contributed by atoms with Gasteiger partial charge in [0.15, 0.2) is 6.29 Å². The van der Waals surface area contributed by atoms with Gasteiger partial charge in [0.25, 0.3) is 0 Å². The monoisotopic (exact) mass is 173 g/mol. The number of amides is 1. The van der Waals surface area contributed by atoms with Crippen LogP contribution in [0.15, 0.2) is 0 Å². The Morgan fingerprint density at radius 1 is 1.50 bits per heavy atom. The van der Waals surface area contributed by atoms with Gasteiger partial charge in [0, 0.05) is 0 Å². The van der Waals surface area contributed by atoms with Gasteiger partial charge in [-0.25, -0.2) is 4.79 Å². The van der Waals surface area contributed by atoms with E-state index in [2.05, 4.69) is 0 Å². The average molecular weight is 173 g/mol. The van der Waals surface area contributed by atoms with Gasteiger partial charge in [-0.2, -0.15) is 0 Å². The van der Waals surface area contributed by atoms with Gasteiger partial charge in [-0.3, -0.25) is 0 Å². The molecule has 2 heterocycles. The Bertz CT molecular complexity index is 196. The Balaban J connectivity index is 1.95. The van der Waals surface area contributed by atoms with Crippen LogP contribution in [0, 0.1) is 5.92 Å². The molecule has 0 saturated carbocycles. The standard InChI is InChI=1S/C7H11NO4/c8-7(9)12-5-3-11-6-4(5)1-2-10-6/h4-6H,1-3H2,(H2,8,9)/t4-,5-,6+/m0/s1. The van der Waals surface area contributed by atoms with Crippen molar-refractivity contribution in [2.24, 2.45) is 11.7 Å². The highest BCUT2D eigenvalue weighted by molar-refractivity contribution is 5.64. The van der Waals surface area contributed by atoms with Crippen LogP contribution in [0.1, 0.15) is 6.42 Å². The molecule has 2 aliphatic heterocycles. The Kier molecular flexibility index (Phi) is 1.90. The van der Waals surface area contributed by atoms with E-state index in [1.807, 2.05) is 0 Å².